The van der Waals surface area contributed by atoms with Crippen molar-refractivity contribution in [1.29, 1.82) is 0 Å². The molecule has 2 aromatic heterocycles. The molecule has 0 saturated carbocycles. The van der Waals surface area contributed by atoms with E-state index in [2.05, 4.69) is 5.10 Å². The number of hydrogen-bond acceptors (Lipinski definition) is 9. The summed E-state index contributed by atoms with van der Waals surface area (Å²) in [5.74, 6) is 0.496. The largest absolute Gasteiger partial charge is 0.494 e. The Hall–Kier alpha value is -5.59. The Morgan fingerprint density at radius 2 is 1.79 bits per heavy atom. The summed E-state index contributed by atoms with van der Waals surface area (Å²) >= 11 is 0. The number of amides is 3. The van der Waals surface area contributed by atoms with Crippen LogP contribution in [0.1, 0.15) is 45.2 Å². The summed E-state index contributed by atoms with van der Waals surface area (Å²) in [6.45, 7) is 9.96. The molecule has 0 spiro atoms. The molecule has 2 N–H and O–H groups in total. The number of piperidine rings is 1. The maximum Gasteiger partial charge on any atom is 0.420 e. The average Bonchev–Trinajstić information content (AvgIpc) is 3.51. The van der Waals surface area contributed by atoms with Crippen LogP contribution in [0.5, 0.6) is 11.6 Å². The number of nitrogens with two attached hydrogens (primary N) is 1. The fraction of sp³-hybridized carbons (Fsp3) is 0.343. The SMILES string of the molecule is CCOc1ccc(N(C(=O)OC(C)(C)C)c2c(C)c(O[C@@H]3CN(C(=O)OCc4ccccc4)CC/C3=C/C(N)=O)nc3ccnn23)cc1. The van der Waals surface area contributed by atoms with E-state index in [0.29, 0.717) is 53.6 Å². The topological polar surface area (TPSA) is 151 Å². The number of aromatic nitrogens is 3. The molecule has 2 aromatic carbocycles. The van der Waals surface area contributed by atoms with Crippen LogP contribution in [0, 0.1) is 6.92 Å². The second kappa shape index (κ2) is 14.4. The van der Waals surface area contributed by atoms with Gasteiger partial charge in [0.15, 0.2) is 11.5 Å². The molecule has 0 bridgehead atoms. The van der Waals surface area contributed by atoms with Crippen LogP contribution in [-0.4, -0.2) is 69.0 Å². The van der Waals surface area contributed by atoms with E-state index in [9.17, 15) is 14.4 Å². The quantitative estimate of drug-likeness (QED) is 0.223. The molecule has 48 heavy (non-hydrogen) atoms. The third-order valence-electron chi connectivity index (χ3n) is 7.40. The maximum atomic E-state index is 13.9. The van der Waals surface area contributed by atoms with Crippen LogP contribution < -0.4 is 20.1 Å². The fourth-order valence-electron chi connectivity index (χ4n) is 5.25. The van der Waals surface area contributed by atoms with Crippen molar-refractivity contribution in [2.45, 2.75) is 59.4 Å². The Bertz CT molecular complexity index is 1800. The maximum absolute atomic E-state index is 13.9. The zero-order valence-electron chi connectivity index (χ0n) is 27.7. The van der Waals surface area contributed by atoms with Crippen LogP contribution in [0.25, 0.3) is 5.65 Å². The van der Waals surface area contributed by atoms with Gasteiger partial charge in [0.1, 0.15) is 24.1 Å². The normalized spacial score (nSPS) is 15.6. The minimum Gasteiger partial charge on any atom is -0.494 e. The van der Waals surface area contributed by atoms with Crippen molar-refractivity contribution in [2.24, 2.45) is 5.73 Å². The summed E-state index contributed by atoms with van der Waals surface area (Å²) in [4.78, 5) is 46.6. The van der Waals surface area contributed by atoms with Gasteiger partial charge in [0.2, 0.25) is 11.8 Å². The third kappa shape index (κ3) is 8.03. The van der Waals surface area contributed by atoms with Gasteiger partial charge in [-0.2, -0.15) is 14.6 Å². The summed E-state index contributed by atoms with van der Waals surface area (Å²) in [5.41, 5.74) is 7.53. The lowest BCUT2D eigenvalue weighted by atomic mass is 10.0. The van der Waals surface area contributed by atoms with Crippen LogP contribution >= 0.6 is 0 Å². The lowest BCUT2D eigenvalue weighted by Crippen LogP contribution is -2.46. The summed E-state index contributed by atoms with van der Waals surface area (Å²) < 4.78 is 25.1. The molecule has 0 aliphatic carbocycles. The summed E-state index contributed by atoms with van der Waals surface area (Å²) in [5, 5.41) is 4.46. The number of benzene rings is 2. The molecule has 252 valence electrons. The zero-order chi connectivity index (χ0) is 34.4. The summed E-state index contributed by atoms with van der Waals surface area (Å²) in [7, 11) is 0. The van der Waals surface area contributed by atoms with E-state index in [4.69, 9.17) is 29.7 Å². The van der Waals surface area contributed by atoms with Gasteiger partial charge in [-0.3, -0.25) is 4.79 Å². The molecule has 3 heterocycles. The molecule has 3 amide bonds. The predicted octanol–water partition coefficient (Wildman–Crippen LogP) is 5.71. The van der Waals surface area contributed by atoms with Crippen molar-refractivity contribution in [3.05, 3.63) is 89.6 Å². The molecule has 13 nitrogen and oxygen atoms in total. The minimum absolute atomic E-state index is 0.0717. The molecule has 1 saturated heterocycles. The van der Waals surface area contributed by atoms with E-state index in [0.717, 1.165) is 5.56 Å². The highest BCUT2D eigenvalue weighted by molar-refractivity contribution is 5.96. The van der Waals surface area contributed by atoms with E-state index < -0.39 is 29.8 Å². The second-order valence-corrected chi connectivity index (χ2v) is 12.2. The first-order chi connectivity index (χ1) is 22.9. The molecule has 1 aliphatic rings. The van der Waals surface area contributed by atoms with Crippen LogP contribution in [0.3, 0.4) is 0 Å². The van der Waals surface area contributed by atoms with Gasteiger partial charge in [0.25, 0.3) is 0 Å². The van der Waals surface area contributed by atoms with Gasteiger partial charge < -0.3 is 29.6 Å². The molecule has 1 aliphatic heterocycles. The number of likely N-dealkylation sites (tertiary alicyclic amines) is 1. The van der Waals surface area contributed by atoms with E-state index in [1.54, 1.807) is 64.2 Å². The first kappa shape index (κ1) is 33.8. The average molecular weight is 657 g/mol. The third-order valence-corrected chi connectivity index (χ3v) is 7.40. The number of carbonyl (C=O) groups is 3. The Morgan fingerprint density at radius 3 is 2.46 bits per heavy atom. The predicted molar refractivity (Wildman–Crippen MR) is 178 cm³/mol. The minimum atomic E-state index is -0.806. The highest BCUT2D eigenvalue weighted by atomic mass is 16.6. The van der Waals surface area contributed by atoms with Crippen LogP contribution in [0.15, 0.2) is 78.5 Å². The van der Waals surface area contributed by atoms with Crippen LogP contribution in [-0.2, 0) is 20.9 Å². The smallest absolute Gasteiger partial charge is 0.420 e. The molecule has 0 unspecified atom stereocenters. The van der Waals surface area contributed by atoms with Crippen LogP contribution in [0.4, 0.5) is 21.1 Å². The first-order valence-corrected chi connectivity index (χ1v) is 15.7. The number of anilines is 2. The summed E-state index contributed by atoms with van der Waals surface area (Å²) in [6, 6.07) is 18.1. The van der Waals surface area contributed by atoms with Gasteiger partial charge in [0, 0.05) is 18.7 Å². The molecular formula is C35H40N6O7. The van der Waals surface area contributed by atoms with Crippen molar-refractivity contribution in [1.82, 2.24) is 19.5 Å². The number of carbonyl (C=O) groups excluding carboxylic acids is 3. The molecular weight excluding hydrogens is 616 g/mol. The number of hydrogen-bond donors (Lipinski definition) is 1. The molecule has 1 atom stereocenters. The number of ether oxygens (including phenoxy) is 4. The lowest BCUT2D eigenvalue weighted by Gasteiger charge is -2.34. The Kier molecular flexibility index (Phi) is 10.2. The number of primary amides is 1. The van der Waals surface area contributed by atoms with Crippen molar-refractivity contribution in [3.63, 3.8) is 0 Å². The van der Waals surface area contributed by atoms with Gasteiger partial charge in [-0.25, -0.2) is 14.5 Å². The second-order valence-electron chi connectivity index (χ2n) is 12.2. The lowest BCUT2D eigenvalue weighted by molar-refractivity contribution is -0.113. The van der Waals surface area contributed by atoms with Crippen molar-refractivity contribution in [3.8, 4) is 11.6 Å². The summed E-state index contributed by atoms with van der Waals surface area (Å²) in [6.07, 6.45) is 1.24. The molecule has 4 aromatic rings. The number of rotatable bonds is 9. The standard InChI is InChI=1S/C35H40N6O7/c1-6-45-27-14-12-26(13-15-27)40(34(44)48-35(3,4)5)32-23(2)31(38-30-16-18-37-41(30)32)47-28-21-39(19-17-25(28)20-29(36)42)33(43)46-22-24-10-8-7-9-11-24/h7-16,18,20,28H,6,17,19,21-22H2,1-5H3,(H2,36,42)/b25-20-/t28-/m1/s1. The molecule has 5 rings (SSSR count). The van der Waals surface area contributed by atoms with E-state index in [-0.39, 0.29) is 19.0 Å². The fourth-order valence-corrected chi connectivity index (χ4v) is 5.25. The van der Waals surface area contributed by atoms with Gasteiger partial charge in [0.05, 0.1) is 30.6 Å². The Labute approximate surface area is 278 Å². The Morgan fingerprint density at radius 1 is 1.06 bits per heavy atom. The molecule has 13 heteroatoms. The highest BCUT2D eigenvalue weighted by Gasteiger charge is 2.34. The van der Waals surface area contributed by atoms with E-state index in [1.807, 2.05) is 37.3 Å². The van der Waals surface area contributed by atoms with Crippen LogP contribution in [0.2, 0.25) is 0 Å². The van der Waals surface area contributed by atoms with Gasteiger partial charge in [-0.15, -0.1) is 0 Å². The Balaban J connectivity index is 1.52. The van der Waals surface area contributed by atoms with Crippen molar-refractivity contribution >= 4 is 35.2 Å². The van der Waals surface area contributed by atoms with Gasteiger partial charge in [-0.1, -0.05) is 30.3 Å². The van der Waals surface area contributed by atoms with E-state index >= 15 is 0 Å². The van der Waals surface area contributed by atoms with E-state index in [1.165, 1.54) is 20.4 Å². The molecule has 1 fully saturated rings. The zero-order valence-corrected chi connectivity index (χ0v) is 27.7. The van der Waals surface area contributed by atoms with Gasteiger partial charge in [-0.05, 0) is 76.4 Å². The van der Waals surface area contributed by atoms with Crippen molar-refractivity contribution < 1.29 is 33.3 Å². The molecule has 0 radical (unpaired) electrons. The highest BCUT2D eigenvalue weighted by Crippen LogP contribution is 2.36. The van der Waals surface area contributed by atoms with Gasteiger partial charge >= 0.3 is 12.2 Å². The monoisotopic (exact) mass is 656 g/mol. The number of fused-ring (bicyclic) bond motifs is 1. The number of nitrogens with zero attached hydrogens (tertiary/aromatic N) is 5. The van der Waals surface area contributed by atoms with Crippen molar-refractivity contribution in [2.75, 3.05) is 24.6 Å². The first-order valence-electron chi connectivity index (χ1n) is 15.7.